The number of likely N-dealkylation sites (N-methyl/N-ethyl adjacent to an activating group) is 1. The molecule has 1 heterocycles. The molecule has 4 heteroatoms. The molecule has 0 aliphatic carbocycles. The van der Waals surface area contributed by atoms with Crippen LogP contribution in [-0.2, 0) is 0 Å². The molecular formula is C16H26FN3. The van der Waals surface area contributed by atoms with Crippen LogP contribution in [0.2, 0.25) is 0 Å². The summed E-state index contributed by atoms with van der Waals surface area (Å²) < 4.78 is 13.5. The molecule has 112 valence electrons. The first kappa shape index (κ1) is 15.3. The largest absolute Gasteiger partial charge is 0.365 e. The van der Waals surface area contributed by atoms with Crippen molar-refractivity contribution in [3.63, 3.8) is 0 Å². The van der Waals surface area contributed by atoms with E-state index in [1.165, 1.54) is 6.07 Å². The van der Waals surface area contributed by atoms with Gasteiger partial charge in [0.2, 0.25) is 0 Å². The summed E-state index contributed by atoms with van der Waals surface area (Å²) in [7, 11) is 2.16. The number of nitrogens with zero attached hydrogens (tertiary/aromatic N) is 2. The number of anilines is 1. The number of nitrogens with two attached hydrogens (primary N) is 1. The SMILES string of the molecule is CCN(c1cccc(F)c1)C1(CN)CCN(C)C(C)C1. The molecule has 3 nitrogen and oxygen atoms in total. The van der Waals surface area contributed by atoms with Crippen LogP contribution in [0.3, 0.4) is 0 Å². The highest BCUT2D eigenvalue weighted by Gasteiger charge is 2.40. The highest BCUT2D eigenvalue weighted by molar-refractivity contribution is 5.49. The average molecular weight is 279 g/mol. The fourth-order valence-electron chi connectivity index (χ4n) is 3.39. The molecule has 1 aromatic rings. The molecule has 1 aromatic carbocycles. The first-order valence-electron chi connectivity index (χ1n) is 7.46. The number of rotatable bonds is 4. The molecule has 2 N–H and O–H groups in total. The summed E-state index contributed by atoms with van der Waals surface area (Å²) in [6, 6.07) is 7.35. The van der Waals surface area contributed by atoms with Gasteiger partial charge in [0.25, 0.3) is 0 Å². The highest BCUT2D eigenvalue weighted by atomic mass is 19.1. The summed E-state index contributed by atoms with van der Waals surface area (Å²) >= 11 is 0. The van der Waals surface area contributed by atoms with Crippen LogP contribution in [0.15, 0.2) is 24.3 Å². The van der Waals surface area contributed by atoms with Crippen molar-refractivity contribution >= 4 is 5.69 Å². The Labute approximate surface area is 121 Å². The van der Waals surface area contributed by atoms with Crippen LogP contribution >= 0.6 is 0 Å². The van der Waals surface area contributed by atoms with Gasteiger partial charge >= 0.3 is 0 Å². The predicted molar refractivity (Wildman–Crippen MR) is 82.5 cm³/mol. The molecule has 0 bridgehead atoms. The molecule has 0 aromatic heterocycles. The fourth-order valence-corrected chi connectivity index (χ4v) is 3.39. The molecule has 0 amide bonds. The van der Waals surface area contributed by atoms with Crippen LogP contribution in [-0.4, -0.2) is 43.2 Å². The summed E-state index contributed by atoms with van der Waals surface area (Å²) in [4.78, 5) is 4.66. The highest BCUT2D eigenvalue weighted by Crippen LogP contribution is 2.34. The number of benzene rings is 1. The maximum atomic E-state index is 13.5. The Morgan fingerprint density at radius 2 is 2.25 bits per heavy atom. The van der Waals surface area contributed by atoms with E-state index in [0.29, 0.717) is 12.6 Å². The van der Waals surface area contributed by atoms with Gasteiger partial charge in [-0.2, -0.15) is 0 Å². The van der Waals surface area contributed by atoms with Crippen LogP contribution in [0, 0.1) is 5.82 Å². The van der Waals surface area contributed by atoms with E-state index in [1.807, 2.05) is 6.07 Å². The van der Waals surface area contributed by atoms with Crippen molar-refractivity contribution in [2.45, 2.75) is 38.3 Å². The number of halogens is 1. The molecule has 0 spiro atoms. The number of piperidine rings is 1. The molecule has 0 radical (unpaired) electrons. The predicted octanol–water partition coefficient (Wildman–Crippen LogP) is 2.46. The van der Waals surface area contributed by atoms with Gasteiger partial charge in [-0.3, -0.25) is 0 Å². The van der Waals surface area contributed by atoms with Crippen molar-refractivity contribution in [2.75, 3.05) is 31.6 Å². The van der Waals surface area contributed by atoms with E-state index in [0.717, 1.165) is 31.6 Å². The Hall–Kier alpha value is -1.13. The summed E-state index contributed by atoms with van der Waals surface area (Å²) in [5, 5.41) is 0. The van der Waals surface area contributed by atoms with Gasteiger partial charge in [0.1, 0.15) is 5.82 Å². The van der Waals surface area contributed by atoms with Gasteiger partial charge in [-0.25, -0.2) is 4.39 Å². The maximum absolute atomic E-state index is 13.5. The molecule has 2 atom stereocenters. The van der Waals surface area contributed by atoms with Gasteiger partial charge in [-0.1, -0.05) is 6.07 Å². The zero-order valence-corrected chi connectivity index (χ0v) is 12.8. The monoisotopic (exact) mass is 279 g/mol. The minimum atomic E-state index is -0.186. The van der Waals surface area contributed by atoms with E-state index < -0.39 is 0 Å². The van der Waals surface area contributed by atoms with Crippen LogP contribution in [0.25, 0.3) is 0 Å². The van der Waals surface area contributed by atoms with Gasteiger partial charge in [0.05, 0.1) is 5.54 Å². The van der Waals surface area contributed by atoms with Gasteiger partial charge in [0, 0.05) is 31.4 Å². The van der Waals surface area contributed by atoms with Crippen molar-refractivity contribution in [2.24, 2.45) is 5.73 Å². The Morgan fingerprint density at radius 3 is 2.80 bits per heavy atom. The third-order valence-electron chi connectivity index (χ3n) is 4.75. The Balaban J connectivity index is 2.32. The Morgan fingerprint density at radius 1 is 1.50 bits per heavy atom. The van der Waals surface area contributed by atoms with Crippen molar-refractivity contribution < 1.29 is 4.39 Å². The first-order chi connectivity index (χ1) is 9.52. The second kappa shape index (κ2) is 6.10. The molecule has 1 aliphatic rings. The Bertz CT molecular complexity index is 451. The lowest BCUT2D eigenvalue weighted by Crippen LogP contribution is -2.61. The lowest BCUT2D eigenvalue weighted by Gasteiger charge is -2.51. The standard InChI is InChI=1S/C16H26FN3/c1-4-20(15-7-5-6-14(17)10-15)16(12-18)8-9-19(3)13(2)11-16/h5-7,10,13H,4,8-9,11-12,18H2,1-3H3. The van der Waals surface area contributed by atoms with Crippen molar-refractivity contribution in [1.29, 1.82) is 0 Å². The molecule has 2 rings (SSSR count). The molecule has 1 fully saturated rings. The quantitative estimate of drug-likeness (QED) is 0.919. The Kier molecular flexibility index (Phi) is 4.66. The minimum absolute atomic E-state index is 0.0610. The van der Waals surface area contributed by atoms with Crippen LogP contribution in [0.5, 0.6) is 0 Å². The van der Waals surface area contributed by atoms with Crippen molar-refractivity contribution in [3.05, 3.63) is 30.1 Å². The second-order valence-electron chi connectivity index (χ2n) is 5.94. The smallest absolute Gasteiger partial charge is 0.125 e. The average Bonchev–Trinajstić information content (AvgIpc) is 2.44. The normalized spacial score (nSPS) is 27.6. The molecular weight excluding hydrogens is 253 g/mol. The molecule has 2 unspecified atom stereocenters. The summed E-state index contributed by atoms with van der Waals surface area (Å²) in [5.41, 5.74) is 7.02. The van der Waals surface area contributed by atoms with E-state index in [9.17, 15) is 4.39 Å². The van der Waals surface area contributed by atoms with Crippen LogP contribution in [0.1, 0.15) is 26.7 Å². The van der Waals surface area contributed by atoms with Crippen LogP contribution < -0.4 is 10.6 Å². The molecule has 1 aliphatic heterocycles. The third kappa shape index (κ3) is 2.81. The van der Waals surface area contributed by atoms with E-state index in [4.69, 9.17) is 5.73 Å². The number of likely N-dealkylation sites (tertiary alicyclic amines) is 1. The molecule has 20 heavy (non-hydrogen) atoms. The van der Waals surface area contributed by atoms with E-state index >= 15 is 0 Å². The van der Waals surface area contributed by atoms with Gasteiger partial charge < -0.3 is 15.5 Å². The topological polar surface area (TPSA) is 32.5 Å². The number of hydrogen-bond donors (Lipinski definition) is 1. The zero-order valence-electron chi connectivity index (χ0n) is 12.8. The zero-order chi connectivity index (χ0) is 14.8. The van der Waals surface area contributed by atoms with Crippen LogP contribution in [0.4, 0.5) is 10.1 Å². The first-order valence-corrected chi connectivity index (χ1v) is 7.46. The maximum Gasteiger partial charge on any atom is 0.125 e. The summed E-state index contributed by atoms with van der Waals surface area (Å²) in [6.07, 6.45) is 2.04. The molecule has 1 saturated heterocycles. The summed E-state index contributed by atoms with van der Waals surface area (Å²) in [6.45, 7) is 6.84. The summed E-state index contributed by atoms with van der Waals surface area (Å²) in [5.74, 6) is -0.186. The van der Waals surface area contributed by atoms with Crippen molar-refractivity contribution in [1.82, 2.24) is 4.90 Å². The number of hydrogen-bond acceptors (Lipinski definition) is 3. The van der Waals surface area contributed by atoms with Gasteiger partial charge in [-0.15, -0.1) is 0 Å². The van der Waals surface area contributed by atoms with Gasteiger partial charge in [-0.05, 0) is 51.9 Å². The fraction of sp³-hybridized carbons (Fsp3) is 0.625. The van der Waals surface area contributed by atoms with Crippen molar-refractivity contribution in [3.8, 4) is 0 Å². The molecule has 0 saturated carbocycles. The third-order valence-corrected chi connectivity index (χ3v) is 4.75. The van der Waals surface area contributed by atoms with Gasteiger partial charge in [0.15, 0.2) is 0 Å². The van der Waals surface area contributed by atoms with E-state index in [2.05, 4.69) is 30.7 Å². The lowest BCUT2D eigenvalue weighted by atomic mass is 9.81. The van der Waals surface area contributed by atoms with E-state index in [-0.39, 0.29) is 11.4 Å². The van der Waals surface area contributed by atoms with E-state index in [1.54, 1.807) is 12.1 Å². The lowest BCUT2D eigenvalue weighted by molar-refractivity contribution is 0.130. The second-order valence-corrected chi connectivity index (χ2v) is 5.94. The minimum Gasteiger partial charge on any atom is -0.365 e.